The largest absolute Gasteiger partial charge is 0.383 e. The molecule has 1 aliphatic rings. The molecule has 0 bridgehead atoms. The molecule has 2 heterocycles. The van der Waals surface area contributed by atoms with Crippen molar-refractivity contribution in [2.45, 2.75) is 23.8 Å². The number of halogens is 1. The fraction of sp³-hybridized carbons (Fsp3) is 0.308. The minimum atomic E-state index is -3.68. The van der Waals surface area contributed by atoms with E-state index in [1.165, 1.54) is 10.5 Å². The van der Waals surface area contributed by atoms with Gasteiger partial charge in [-0.15, -0.1) is 0 Å². The topological polar surface area (TPSA) is 92.1 Å². The van der Waals surface area contributed by atoms with Gasteiger partial charge in [0.2, 0.25) is 10.0 Å². The van der Waals surface area contributed by atoms with Crippen LogP contribution in [0.5, 0.6) is 0 Å². The Kier molecular flexibility index (Phi) is 3.64. The van der Waals surface area contributed by atoms with Crippen molar-refractivity contribution in [1.82, 2.24) is 14.5 Å². The van der Waals surface area contributed by atoms with Gasteiger partial charge in [-0.1, -0.05) is 29.8 Å². The van der Waals surface area contributed by atoms with Gasteiger partial charge in [0.25, 0.3) is 0 Å². The van der Waals surface area contributed by atoms with Crippen molar-refractivity contribution in [3.05, 3.63) is 41.0 Å². The van der Waals surface area contributed by atoms with E-state index in [9.17, 15) is 8.42 Å². The van der Waals surface area contributed by atoms with Crippen LogP contribution >= 0.6 is 11.6 Å². The van der Waals surface area contributed by atoms with Gasteiger partial charge >= 0.3 is 0 Å². The van der Waals surface area contributed by atoms with E-state index in [-0.39, 0.29) is 16.8 Å². The van der Waals surface area contributed by atoms with Gasteiger partial charge in [0.15, 0.2) is 0 Å². The van der Waals surface area contributed by atoms with Crippen LogP contribution in [0.4, 0.5) is 5.82 Å². The molecule has 3 rings (SSSR count). The molecule has 1 fully saturated rings. The third kappa shape index (κ3) is 2.41. The van der Waals surface area contributed by atoms with Gasteiger partial charge in [0.05, 0.1) is 12.2 Å². The quantitative estimate of drug-likeness (QED) is 0.904. The fourth-order valence-electron chi connectivity index (χ4n) is 2.70. The summed E-state index contributed by atoms with van der Waals surface area (Å²) in [4.78, 5) is 0.0152. The molecule has 112 valence electrons. The van der Waals surface area contributed by atoms with Crippen LogP contribution in [0.15, 0.2) is 35.4 Å². The van der Waals surface area contributed by atoms with Crippen molar-refractivity contribution in [3.8, 4) is 0 Å². The van der Waals surface area contributed by atoms with Crippen molar-refractivity contribution < 1.29 is 8.42 Å². The first-order chi connectivity index (χ1) is 10.0. The lowest BCUT2D eigenvalue weighted by molar-refractivity contribution is 0.397. The highest BCUT2D eigenvalue weighted by Crippen LogP contribution is 2.39. The summed E-state index contributed by atoms with van der Waals surface area (Å²) in [7, 11) is -3.68. The number of sulfonamides is 1. The number of aromatic amines is 1. The summed E-state index contributed by atoms with van der Waals surface area (Å²) in [5.74, 6) is 0.0554. The van der Waals surface area contributed by atoms with Crippen LogP contribution in [-0.4, -0.2) is 29.5 Å². The van der Waals surface area contributed by atoms with Gasteiger partial charge in [0.1, 0.15) is 10.7 Å². The maximum absolute atomic E-state index is 12.8. The predicted octanol–water partition coefficient (Wildman–Crippen LogP) is 2.17. The molecule has 21 heavy (non-hydrogen) atoms. The number of nitrogens with two attached hydrogens (primary N) is 1. The van der Waals surface area contributed by atoms with Gasteiger partial charge in [-0.05, 0) is 24.5 Å². The molecule has 0 amide bonds. The van der Waals surface area contributed by atoms with E-state index in [4.69, 9.17) is 17.3 Å². The molecule has 1 atom stereocenters. The van der Waals surface area contributed by atoms with E-state index in [0.29, 0.717) is 11.6 Å². The molecule has 1 aromatic heterocycles. The highest BCUT2D eigenvalue weighted by Gasteiger charge is 2.38. The number of hydrogen-bond acceptors (Lipinski definition) is 4. The minimum Gasteiger partial charge on any atom is -0.383 e. The monoisotopic (exact) mass is 326 g/mol. The highest BCUT2D eigenvalue weighted by molar-refractivity contribution is 7.89. The third-order valence-electron chi connectivity index (χ3n) is 3.69. The number of aromatic nitrogens is 2. The fourth-order valence-corrected chi connectivity index (χ4v) is 4.65. The van der Waals surface area contributed by atoms with Crippen molar-refractivity contribution >= 4 is 27.4 Å². The molecule has 6 nitrogen and oxygen atoms in total. The van der Waals surface area contributed by atoms with E-state index in [1.54, 1.807) is 6.07 Å². The molecule has 0 radical (unpaired) electrons. The van der Waals surface area contributed by atoms with Crippen molar-refractivity contribution in [2.75, 3.05) is 12.3 Å². The maximum Gasteiger partial charge on any atom is 0.248 e. The zero-order valence-corrected chi connectivity index (χ0v) is 12.7. The van der Waals surface area contributed by atoms with E-state index >= 15 is 0 Å². The summed E-state index contributed by atoms with van der Waals surface area (Å²) in [6, 6.07) is 7.05. The van der Waals surface area contributed by atoms with E-state index in [2.05, 4.69) is 10.2 Å². The third-order valence-corrected chi connectivity index (χ3v) is 5.97. The molecule has 3 N–H and O–H groups in total. The molecular formula is C13H15ClN4O2S. The number of H-pyrrole nitrogens is 1. The summed E-state index contributed by atoms with van der Waals surface area (Å²) in [5, 5.41) is 6.73. The number of anilines is 1. The van der Waals surface area contributed by atoms with Crippen molar-refractivity contribution in [2.24, 2.45) is 0 Å². The Hall–Kier alpha value is -1.57. The highest BCUT2D eigenvalue weighted by atomic mass is 35.5. The van der Waals surface area contributed by atoms with Crippen LogP contribution in [0.3, 0.4) is 0 Å². The second kappa shape index (κ2) is 5.32. The van der Waals surface area contributed by atoms with Crippen molar-refractivity contribution in [1.29, 1.82) is 0 Å². The van der Waals surface area contributed by atoms with Crippen molar-refractivity contribution in [3.63, 3.8) is 0 Å². The second-order valence-electron chi connectivity index (χ2n) is 4.94. The molecule has 2 aromatic rings. The number of rotatable bonds is 3. The molecule has 0 saturated carbocycles. The molecule has 1 unspecified atom stereocenters. The average molecular weight is 327 g/mol. The molecule has 1 saturated heterocycles. The van der Waals surface area contributed by atoms with Gasteiger partial charge in [-0.25, -0.2) is 8.42 Å². The lowest BCUT2D eigenvalue weighted by atomic mass is 10.1. The minimum absolute atomic E-state index is 0.0152. The Labute approximate surface area is 128 Å². The number of nitrogens with zero attached hydrogens (tertiary/aromatic N) is 2. The van der Waals surface area contributed by atoms with Crippen LogP contribution in [0.2, 0.25) is 5.02 Å². The number of nitrogens with one attached hydrogen (secondary N) is 1. The maximum atomic E-state index is 12.8. The zero-order chi connectivity index (χ0) is 15.0. The molecule has 1 aliphatic heterocycles. The first-order valence-corrected chi connectivity index (χ1v) is 8.38. The zero-order valence-electron chi connectivity index (χ0n) is 11.2. The lowest BCUT2D eigenvalue weighted by Gasteiger charge is -2.24. The van der Waals surface area contributed by atoms with Gasteiger partial charge in [-0.2, -0.15) is 9.40 Å². The molecular weight excluding hydrogens is 312 g/mol. The van der Waals surface area contributed by atoms with Gasteiger partial charge in [0, 0.05) is 11.6 Å². The molecule has 0 aliphatic carbocycles. The second-order valence-corrected chi connectivity index (χ2v) is 7.21. The number of benzene rings is 1. The Balaban J connectivity index is 2.02. The Morgan fingerprint density at radius 3 is 2.81 bits per heavy atom. The first kappa shape index (κ1) is 14.4. The number of nitrogen functional groups attached to an aromatic ring is 1. The predicted molar refractivity (Wildman–Crippen MR) is 80.3 cm³/mol. The van der Waals surface area contributed by atoms with Crippen LogP contribution in [0.25, 0.3) is 0 Å². The van der Waals surface area contributed by atoms with Crippen LogP contribution in [0.1, 0.15) is 24.4 Å². The standard InChI is InChI=1S/C13H15ClN4O2S/c14-10-5-2-1-4-9(10)11-6-3-7-18(11)21(19,20)12-8-16-17-13(12)15/h1-2,4-5,8,11H,3,6-7H2,(H3,15,16,17). The summed E-state index contributed by atoms with van der Waals surface area (Å²) in [6.07, 6.45) is 2.76. The summed E-state index contributed by atoms with van der Waals surface area (Å²) in [5.41, 5.74) is 6.48. The Bertz CT molecular complexity index is 759. The summed E-state index contributed by atoms with van der Waals surface area (Å²) in [6.45, 7) is 0.447. The van der Waals surface area contributed by atoms with Crippen LogP contribution < -0.4 is 5.73 Å². The molecule has 0 spiro atoms. The van der Waals surface area contributed by atoms with Gasteiger partial charge < -0.3 is 5.73 Å². The lowest BCUT2D eigenvalue weighted by Crippen LogP contribution is -2.31. The van der Waals surface area contributed by atoms with Crippen LogP contribution in [0, 0.1) is 0 Å². The molecule has 1 aromatic carbocycles. The van der Waals surface area contributed by atoms with E-state index in [0.717, 1.165) is 18.4 Å². The average Bonchev–Trinajstić information content (AvgIpc) is 3.08. The summed E-state index contributed by atoms with van der Waals surface area (Å²) >= 11 is 6.21. The molecule has 8 heteroatoms. The Morgan fingerprint density at radius 1 is 1.38 bits per heavy atom. The Morgan fingerprint density at radius 2 is 2.14 bits per heavy atom. The summed E-state index contributed by atoms with van der Waals surface area (Å²) < 4.78 is 27.0. The van der Waals surface area contributed by atoms with E-state index < -0.39 is 10.0 Å². The van der Waals surface area contributed by atoms with Gasteiger partial charge in [-0.3, -0.25) is 5.10 Å². The normalized spacial score (nSPS) is 20.0. The first-order valence-electron chi connectivity index (χ1n) is 6.57. The van der Waals surface area contributed by atoms with Crippen LogP contribution in [-0.2, 0) is 10.0 Å². The van der Waals surface area contributed by atoms with E-state index in [1.807, 2.05) is 18.2 Å². The smallest absolute Gasteiger partial charge is 0.248 e. The SMILES string of the molecule is Nc1[nH]ncc1S(=O)(=O)N1CCCC1c1ccccc1Cl. The number of hydrogen-bond donors (Lipinski definition) is 2.